The maximum absolute atomic E-state index is 12.6. The van der Waals surface area contributed by atoms with E-state index in [0.717, 1.165) is 5.39 Å². The molecular formula is C17H12N2O4. The summed E-state index contributed by atoms with van der Waals surface area (Å²) in [6, 6.07) is 9.14. The maximum Gasteiger partial charge on any atom is 0.335 e. The third-order valence-electron chi connectivity index (χ3n) is 3.97. The molecule has 114 valence electrons. The van der Waals surface area contributed by atoms with Crippen molar-refractivity contribution >= 4 is 28.5 Å². The Hall–Kier alpha value is -2.99. The van der Waals surface area contributed by atoms with Crippen LogP contribution in [0.5, 0.6) is 0 Å². The molecule has 0 saturated carbocycles. The minimum atomic E-state index is -1.14. The molecule has 1 aromatic carbocycles. The highest BCUT2D eigenvalue weighted by molar-refractivity contribution is 6.13. The highest BCUT2D eigenvalue weighted by Gasteiger charge is 2.42. The van der Waals surface area contributed by atoms with E-state index in [0.29, 0.717) is 11.2 Å². The number of para-hydroxylation sites is 1. The zero-order chi connectivity index (χ0) is 16.0. The number of rotatable bonds is 3. The van der Waals surface area contributed by atoms with Crippen LogP contribution in [-0.2, 0) is 14.3 Å². The largest absolute Gasteiger partial charge is 0.478 e. The van der Waals surface area contributed by atoms with Crippen molar-refractivity contribution in [2.24, 2.45) is 0 Å². The molecule has 4 rings (SSSR count). The van der Waals surface area contributed by atoms with E-state index in [-0.39, 0.29) is 11.1 Å². The average molecular weight is 308 g/mol. The number of amides is 1. The fourth-order valence-electron chi connectivity index (χ4n) is 2.97. The summed E-state index contributed by atoms with van der Waals surface area (Å²) in [7, 11) is 0. The van der Waals surface area contributed by atoms with Crippen LogP contribution in [0.15, 0.2) is 59.8 Å². The highest BCUT2D eigenvalue weighted by atomic mass is 16.5. The third-order valence-corrected chi connectivity index (χ3v) is 3.97. The normalized spacial score (nSPS) is 21.9. The first-order valence-corrected chi connectivity index (χ1v) is 7.11. The first kappa shape index (κ1) is 13.7. The van der Waals surface area contributed by atoms with E-state index in [1.165, 1.54) is 0 Å². The first-order valence-electron chi connectivity index (χ1n) is 7.11. The van der Waals surface area contributed by atoms with Gasteiger partial charge in [0.25, 0.3) is 5.91 Å². The van der Waals surface area contributed by atoms with Crippen LogP contribution in [0.1, 0.15) is 0 Å². The molecule has 0 unspecified atom stereocenters. The van der Waals surface area contributed by atoms with E-state index in [2.05, 4.69) is 10.3 Å². The van der Waals surface area contributed by atoms with Gasteiger partial charge in [-0.1, -0.05) is 30.4 Å². The standard InChI is InChI=1S/C17H12N2O4/c20-16(13-11-6-7-12(23-11)14(13)17(21)22)19-10-5-1-3-9-4-2-8-18-15(9)10/h1-8,11-12H,(H,19,20)(H,21,22)/t11-,12-/m0/s1. The molecular weight excluding hydrogens is 296 g/mol. The number of ether oxygens (including phenoxy) is 1. The lowest BCUT2D eigenvalue weighted by Crippen LogP contribution is -2.24. The number of benzene rings is 1. The summed E-state index contributed by atoms with van der Waals surface area (Å²) < 4.78 is 5.46. The molecule has 2 aliphatic rings. The number of fused-ring (bicyclic) bond motifs is 3. The number of carboxylic acid groups (broad SMARTS) is 1. The molecule has 0 aliphatic carbocycles. The minimum absolute atomic E-state index is 0.00296. The predicted octanol–water partition coefficient (Wildman–Crippen LogP) is 1.89. The number of carboxylic acids is 1. The molecule has 0 radical (unpaired) electrons. The number of pyridine rings is 1. The summed E-state index contributed by atoms with van der Waals surface area (Å²) >= 11 is 0. The molecule has 2 bridgehead atoms. The molecule has 0 spiro atoms. The quantitative estimate of drug-likeness (QED) is 0.845. The van der Waals surface area contributed by atoms with E-state index < -0.39 is 24.1 Å². The minimum Gasteiger partial charge on any atom is -0.478 e. The fraction of sp³-hybridized carbons (Fsp3) is 0.118. The van der Waals surface area contributed by atoms with Gasteiger partial charge in [-0.15, -0.1) is 0 Å². The lowest BCUT2D eigenvalue weighted by atomic mass is 9.96. The van der Waals surface area contributed by atoms with Crippen LogP contribution in [-0.4, -0.2) is 34.2 Å². The van der Waals surface area contributed by atoms with Crippen LogP contribution in [0.2, 0.25) is 0 Å². The van der Waals surface area contributed by atoms with Gasteiger partial charge in [0.05, 0.1) is 22.4 Å². The Labute approximate surface area is 131 Å². The Bertz CT molecular complexity index is 895. The van der Waals surface area contributed by atoms with Gasteiger partial charge in [-0.3, -0.25) is 9.78 Å². The van der Waals surface area contributed by atoms with E-state index in [9.17, 15) is 14.7 Å². The molecule has 1 amide bonds. The topological polar surface area (TPSA) is 88.5 Å². The van der Waals surface area contributed by atoms with Crippen molar-refractivity contribution in [2.75, 3.05) is 5.32 Å². The number of anilines is 1. The second-order valence-electron chi connectivity index (χ2n) is 5.33. The molecule has 6 nitrogen and oxygen atoms in total. The monoisotopic (exact) mass is 308 g/mol. The Balaban J connectivity index is 1.71. The number of aliphatic carboxylic acids is 1. The van der Waals surface area contributed by atoms with Gasteiger partial charge >= 0.3 is 5.97 Å². The zero-order valence-corrected chi connectivity index (χ0v) is 11.9. The second-order valence-corrected chi connectivity index (χ2v) is 5.33. The maximum atomic E-state index is 12.6. The van der Waals surface area contributed by atoms with Crippen molar-refractivity contribution in [2.45, 2.75) is 12.2 Å². The van der Waals surface area contributed by atoms with Gasteiger partial charge in [-0.05, 0) is 12.1 Å². The zero-order valence-electron chi connectivity index (χ0n) is 11.9. The first-order chi connectivity index (χ1) is 11.1. The Morgan fingerprint density at radius 2 is 1.83 bits per heavy atom. The summed E-state index contributed by atoms with van der Waals surface area (Å²) in [4.78, 5) is 28.3. The SMILES string of the molecule is O=C(O)C1=C(C(=O)Nc2cccc3cccnc23)[C@@H]2C=C[C@@H]1O2. The van der Waals surface area contributed by atoms with Crippen molar-refractivity contribution in [3.8, 4) is 0 Å². The summed E-state index contributed by atoms with van der Waals surface area (Å²) in [5.41, 5.74) is 1.35. The van der Waals surface area contributed by atoms with Crippen LogP contribution in [0.3, 0.4) is 0 Å². The molecule has 6 heteroatoms. The van der Waals surface area contributed by atoms with Crippen LogP contribution >= 0.6 is 0 Å². The number of aromatic nitrogens is 1. The summed E-state index contributed by atoms with van der Waals surface area (Å²) in [5, 5.41) is 13.0. The van der Waals surface area contributed by atoms with E-state index in [4.69, 9.17) is 4.74 Å². The predicted molar refractivity (Wildman–Crippen MR) is 82.8 cm³/mol. The fourth-order valence-corrected chi connectivity index (χ4v) is 2.97. The molecule has 3 heterocycles. The van der Waals surface area contributed by atoms with Gasteiger partial charge in [0.1, 0.15) is 12.2 Å². The van der Waals surface area contributed by atoms with Gasteiger partial charge in [0.2, 0.25) is 0 Å². The third kappa shape index (κ3) is 2.11. The molecule has 2 atom stereocenters. The average Bonchev–Trinajstić information content (AvgIpc) is 3.16. The second kappa shape index (κ2) is 5.03. The number of nitrogens with one attached hydrogen (secondary N) is 1. The molecule has 2 aromatic rings. The van der Waals surface area contributed by atoms with E-state index in [1.807, 2.05) is 24.3 Å². The molecule has 2 N–H and O–H groups in total. The number of hydrogen-bond acceptors (Lipinski definition) is 4. The summed E-state index contributed by atoms with van der Waals surface area (Å²) in [6.07, 6.45) is 3.75. The Morgan fingerprint density at radius 1 is 1.09 bits per heavy atom. The van der Waals surface area contributed by atoms with Crippen molar-refractivity contribution in [1.29, 1.82) is 0 Å². The van der Waals surface area contributed by atoms with Crippen LogP contribution in [0.4, 0.5) is 5.69 Å². The van der Waals surface area contributed by atoms with Crippen LogP contribution < -0.4 is 5.32 Å². The van der Waals surface area contributed by atoms with Gasteiger partial charge in [-0.25, -0.2) is 4.79 Å². The van der Waals surface area contributed by atoms with E-state index in [1.54, 1.807) is 24.4 Å². The van der Waals surface area contributed by atoms with Gasteiger partial charge in [-0.2, -0.15) is 0 Å². The van der Waals surface area contributed by atoms with Gasteiger partial charge < -0.3 is 15.2 Å². The van der Waals surface area contributed by atoms with Gasteiger partial charge in [0, 0.05) is 11.6 Å². The number of carbonyl (C=O) groups is 2. The van der Waals surface area contributed by atoms with Crippen molar-refractivity contribution in [1.82, 2.24) is 4.98 Å². The number of hydrogen-bond donors (Lipinski definition) is 2. The lowest BCUT2D eigenvalue weighted by molar-refractivity contribution is -0.133. The Morgan fingerprint density at radius 3 is 2.61 bits per heavy atom. The highest BCUT2D eigenvalue weighted by Crippen LogP contribution is 2.35. The molecule has 2 aliphatic heterocycles. The molecule has 0 saturated heterocycles. The molecule has 0 fully saturated rings. The summed E-state index contributed by atoms with van der Waals surface area (Å²) in [6.45, 7) is 0. The van der Waals surface area contributed by atoms with Crippen molar-refractivity contribution in [3.05, 3.63) is 59.8 Å². The number of nitrogens with zero attached hydrogens (tertiary/aromatic N) is 1. The van der Waals surface area contributed by atoms with Crippen LogP contribution in [0, 0.1) is 0 Å². The van der Waals surface area contributed by atoms with Gasteiger partial charge in [0.15, 0.2) is 0 Å². The lowest BCUT2D eigenvalue weighted by Gasteiger charge is -2.12. The van der Waals surface area contributed by atoms with Crippen LogP contribution in [0.25, 0.3) is 10.9 Å². The number of carbonyl (C=O) groups excluding carboxylic acids is 1. The van der Waals surface area contributed by atoms with Crippen molar-refractivity contribution < 1.29 is 19.4 Å². The van der Waals surface area contributed by atoms with Crippen molar-refractivity contribution in [3.63, 3.8) is 0 Å². The van der Waals surface area contributed by atoms with E-state index >= 15 is 0 Å². The smallest absolute Gasteiger partial charge is 0.335 e. The molecule has 23 heavy (non-hydrogen) atoms. The Kier molecular flexibility index (Phi) is 2.99. The molecule has 1 aromatic heterocycles. The summed E-state index contributed by atoms with van der Waals surface area (Å²) in [5.74, 6) is -1.61.